The highest BCUT2D eigenvalue weighted by Gasteiger charge is 2.34. The van der Waals surface area contributed by atoms with Gasteiger partial charge in [0.15, 0.2) is 0 Å². The number of H-pyrrole nitrogens is 1. The van der Waals surface area contributed by atoms with Crippen molar-refractivity contribution in [1.82, 2.24) is 14.8 Å². The van der Waals surface area contributed by atoms with Gasteiger partial charge in [0.05, 0.1) is 5.52 Å². The molecule has 2 amide bonds. The summed E-state index contributed by atoms with van der Waals surface area (Å²) < 4.78 is 13.8. The van der Waals surface area contributed by atoms with Gasteiger partial charge in [-0.1, -0.05) is 6.07 Å². The predicted octanol–water partition coefficient (Wildman–Crippen LogP) is 1.75. The van der Waals surface area contributed by atoms with E-state index in [1.807, 2.05) is 4.90 Å². The summed E-state index contributed by atoms with van der Waals surface area (Å²) in [6.45, 7) is 2.02. The van der Waals surface area contributed by atoms with Crippen LogP contribution >= 0.6 is 0 Å². The molecule has 1 aromatic heterocycles. The number of aromatic amines is 1. The van der Waals surface area contributed by atoms with Gasteiger partial charge in [-0.25, -0.2) is 4.39 Å². The lowest BCUT2D eigenvalue weighted by Crippen LogP contribution is -2.39. The number of hydrogen-bond acceptors (Lipinski definition) is 3. The molecule has 1 N–H and O–H groups in total. The van der Waals surface area contributed by atoms with E-state index >= 15 is 0 Å². The van der Waals surface area contributed by atoms with Gasteiger partial charge in [0.25, 0.3) is 5.91 Å². The number of amides is 2. The Morgan fingerprint density at radius 2 is 1.81 bits per heavy atom. The third-order valence-corrected chi connectivity index (χ3v) is 5.12. The Hall–Kier alpha value is -2.70. The Balaban J connectivity index is 1.56. The van der Waals surface area contributed by atoms with Crippen LogP contribution in [-0.2, 0) is 4.79 Å². The third-order valence-electron chi connectivity index (χ3n) is 5.12. The van der Waals surface area contributed by atoms with Gasteiger partial charge >= 0.3 is 0 Å². The highest BCUT2D eigenvalue weighted by molar-refractivity contribution is 5.97. The summed E-state index contributed by atoms with van der Waals surface area (Å²) >= 11 is 0. The van der Waals surface area contributed by atoms with Crippen LogP contribution in [0.5, 0.6) is 0 Å². The van der Waals surface area contributed by atoms with E-state index in [0.717, 1.165) is 12.8 Å². The van der Waals surface area contributed by atoms with E-state index in [2.05, 4.69) is 4.98 Å². The van der Waals surface area contributed by atoms with Gasteiger partial charge in [0, 0.05) is 43.7 Å². The maximum atomic E-state index is 13.8. The number of nitrogens with zero attached hydrogens (tertiary/aromatic N) is 2. The molecule has 0 radical (unpaired) electrons. The molecule has 136 valence electrons. The molecule has 0 unspecified atom stereocenters. The quantitative estimate of drug-likeness (QED) is 0.890. The van der Waals surface area contributed by atoms with E-state index < -0.39 is 11.2 Å². The minimum absolute atomic E-state index is 0.00469. The third kappa shape index (κ3) is 2.98. The van der Waals surface area contributed by atoms with E-state index in [4.69, 9.17) is 0 Å². The molecule has 6 nitrogen and oxygen atoms in total. The number of carbonyl (C=O) groups excluding carboxylic acids is 2. The molecule has 0 spiro atoms. The molecule has 4 rings (SSSR count). The van der Waals surface area contributed by atoms with E-state index in [1.165, 1.54) is 24.4 Å². The van der Waals surface area contributed by atoms with E-state index in [9.17, 15) is 18.8 Å². The first-order valence-electron chi connectivity index (χ1n) is 8.94. The van der Waals surface area contributed by atoms with Crippen molar-refractivity contribution in [2.75, 3.05) is 26.2 Å². The second-order valence-corrected chi connectivity index (χ2v) is 6.94. The number of benzene rings is 1. The van der Waals surface area contributed by atoms with Gasteiger partial charge in [0.2, 0.25) is 11.3 Å². The van der Waals surface area contributed by atoms with Crippen molar-refractivity contribution in [3.05, 3.63) is 46.0 Å². The number of para-hydroxylation sites is 1. The zero-order chi connectivity index (χ0) is 18.3. The molecule has 2 aliphatic rings. The Kier molecular flexibility index (Phi) is 4.22. The monoisotopic (exact) mass is 357 g/mol. The summed E-state index contributed by atoms with van der Waals surface area (Å²) in [5.74, 6) is -0.561. The van der Waals surface area contributed by atoms with Gasteiger partial charge in [0.1, 0.15) is 11.4 Å². The Morgan fingerprint density at radius 3 is 2.58 bits per heavy atom. The van der Waals surface area contributed by atoms with Crippen molar-refractivity contribution in [1.29, 1.82) is 0 Å². The molecule has 2 heterocycles. The second-order valence-electron chi connectivity index (χ2n) is 6.94. The van der Waals surface area contributed by atoms with Crippen molar-refractivity contribution in [3.63, 3.8) is 0 Å². The lowest BCUT2D eigenvalue weighted by molar-refractivity contribution is -0.132. The summed E-state index contributed by atoms with van der Waals surface area (Å²) in [5, 5.41) is 0.163. The normalized spacial score (nSPS) is 18.0. The molecule has 1 saturated carbocycles. The maximum absolute atomic E-state index is 13.8. The topological polar surface area (TPSA) is 73.5 Å². The van der Waals surface area contributed by atoms with E-state index in [-0.39, 0.29) is 34.2 Å². The first-order valence-corrected chi connectivity index (χ1v) is 8.94. The first kappa shape index (κ1) is 16.8. The zero-order valence-corrected chi connectivity index (χ0v) is 14.3. The number of fused-ring (bicyclic) bond motifs is 1. The minimum atomic E-state index is -0.525. The fourth-order valence-corrected chi connectivity index (χ4v) is 3.47. The van der Waals surface area contributed by atoms with Gasteiger partial charge < -0.3 is 14.8 Å². The number of carbonyl (C=O) groups is 2. The van der Waals surface area contributed by atoms with Crippen LogP contribution in [-0.4, -0.2) is 52.8 Å². The molecule has 7 heteroatoms. The van der Waals surface area contributed by atoms with Crippen LogP contribution in [0.15, 0.2) is 29.2 Å². The molecular formula is C19H20FN3O3. The number of halogens is 1. The summed E-state index contributed by atoms with van der Waals surface area (Å²) in [6, 6.07) is 4.22. The van der Waals surface area contributed by atoms with Crippen LogP contribution in [0, 0.1) is 11.7 Å². The average Bonchev–Trinajstić information content (AvgIpc) is 3.48. The highest BCUT2D eigenvalue weighted by Crippen LogP contribution is 2.31. The number of aromatic nitrogens is 1. The molecule has 2 fully saturated rings. The van der Waals surface area contributed by atoms with Gasteiger partial charge in [-0.05, 0) is 31.4 Å². The van der Waals surface area contributed by atoms with Crippen LogP contribution in [0.3, 0.4) is 0 Å². The zero-order valence-electron chi connectivity index (χ0n) is 14.3. The van der Waals surface area contributed by atoms with Crippen molar-refractivity contribution >= 4 is 22.7 Å². The number of nitrogens with one attached hydrogen (secondary N) is 1. The molecule has 1 aromatic carbocycles. The fraction of sp³-hybridized carbons (Fsp3) is 0.421. The second kappa shape index (κ2) is 6.55. The lowest BCUT2D eigenvalue weighted by Gasteiger charge is -2.22. The van der Waals surface area contributed by atoms with Gasteiger partial charge in [-0.15, -0.1) is 0 Å². The average molecular weight is 357 g/mol. The van der Waals surface area contributed by atoms with Gasteiger partial charge in [-0.3, -0.25) is 14.4 Å². The molecule has 26 heavy (non-hydrogen) atoms. The standard InChI is InChI=1S/C19H20FN3O3/c20-15-4-1-3-13-16(15)21-11-14(17(13)24)19(26)23-8-2-7-22(9-10-23)18(25)12-5-6-12/h1,3-4,11-12H,2,5-10H2,(H,21,24). The smallest absolute Gasteiger partial charge is 0.259 e. The molecule has 1 saturated heterocycles. The molecule has 1 aliphatic carbocycles. The number of rotatable bonds is 2. The Bertz CT molecular complexity index is 935. The van der Waals surface area contributed by atoms with Gasteiger partial charge in [-0.2, -0.15) is 0 Å². The van der Waals surface area contributed by atoms with Crippen LogP contribution in [0.25, 0.3) is 10.9 Å². The molecule has 1 aliphatic heterocycles. The predicted molar refractivity (Wildman–Crippen MR) is 94.4 cm³/mol. The van der Waals surface area contributed by atoms with E-state index in [0.29, 0.717) is 32.6 Å². The first-order chi connectivity index (χ1) is 12.6. The summed E-state index contributed by atoms with van der Waals surface area (Å²) in [5.41, 5.74) is -0.366. The SMILES string of the molecule is O=C(c1c[nH]c2c(F)cccc2c1=O)N1CCCN(C(=O)C2CC2)CC1. The fourth-order valence-electron chi connectivity index (χ4n) is 3.47. The van der Waals surface area contributed by atoms with Crippen LogP contribution in [0.2, 0.25) is 0 Å². The minimum Gasteiger partial charge on any atom is -0.358 e. The van der Waals surface area contributed by atoms with Crippen molar-refractivity contribution in [2.24, 2.45) is 5.92 Å². The molecular weight excluding hydrogens is 337 g/mol. The molecule has 0 atom stereocenters. The summed E-state index contributed by atoms with van der Waals surface area (Å²) in [4.78, 5) is 43.8. The molecule has 0 bridgehead atoms. The van der Waals surface area contributed by atoms with Crippen molar-refractivity contribution in [2.45, 2.75) is 19.3 Å². The largest absolute Gasteiger partial charge is 0.358 e. The number of pyridine rings is 1. The maximum Gasteiger partial charge on any atom is 0.259 e. The Morgan fingerprint density at radius 1 is 1.08 bits per heavy atom. The summed E-state index contributed by atoms with van der Waals surface area (Å²) in [6.07, 6.45) is 3.89. The van der Waals surface area contributed by atoms with Crippen LogP contribution in [0.4, 0.5) is 4.39 Å². The highest BCUT2D eigenvalue weighted by atomic mass is 19.1. The Labute approximate surface area is 149 Å². The molecule has 2 aromatic rings. The number of hydrogen-bond donors (Lipinski definition) is 1. The van der Waals surface area contributed by atoms with Crippen molar-refractivity contribution in [3.8, 4) is 0 Å². The lowest BCUT2D eigenvalue weighted by atomic mass is 10.1. The van der Waals surface area contributed by atoms with Crippen LogP contribution < -0.4 is 5.43 Å². The van der Waals surface area contributed by atoms with E-state index in [1.54, 1.807) is 4.90 Å². The summed E-state index contributed by atoms with van der Waals surface area (Å²) in [7, 11) is 0. The van der Waals surface area contributed by atoms with Crippen LogP contribution in [0.1, 0.15) is 29.6 Å². The van der Waals surface area contributed by atoms with Crippen molar-refractivity contribution < 1.29 is 14.0 Å².